The molecule has 5 rings (SSSR count). The van der Waals surface area contributed by atoms with Gasteiger partial charge in [0.15, 0.2) is 0 Å². The molecule has 2 nitrogen and oxygen atoms in total. The molecule has 0 aromatic carbocycles. The highest BCUT2D eigenvalue weighted by molar-refractivity contribution is 5.57. The summed E-state index contributed by atoms with van der Waals surface area (Å²) in [5.41, 5.74) is 5.04. The van der Waals surface area contributed by atoms with Gasteiger partial charge in [-0.25, -0.2) is 0 Å². The van der Waals surface area contributed by atoms with Gasteiger partial charge in [-0.3, -0.25) is 5.10 Å². The van der Waals surface area contributed by atoms with E-state index in [1.54, 1.807) is 5.57 Å². The zero-order valence-corrected chi connectivity index (χ0v) is 14.8. The standard InChI is InChI=1S/C21H30N2/c1-12-8-18-16-5-4-13-10-20-14(11-22-23-20)9-17(13)15(16)6-7-19(18)21(12,2)3/h10-12,15-19H,4-9H2,1-3H3,(H,22,23). The Morgan fingerprint density at radius 3 is 2.87 bits per heavy atom. The maximum Gasteiger partial charge on any atom is 0.0609 e. The molecule has 0 radical (unpaired) electrons. The number of fused-ring (bicyclic) bond motifs is 6. The molecule has 3 fully saturated rings. The quantitative estimate of drug-likeness (QED) is 0.711. The minimum atomic E-state index is 0.566. The van der Waals surface area contributed by atoms with E-state index >= 15 is 0 Å². The molecular weight excluding hydrogens is 280 g/mol. The van der Waals surface area contributed by atoms with Crippen LogP contribution in [0.3, 0.4) is 0 Å². The highest BCUT2D eigenvalue weighted by Gasteiger charge is 2.55. The third kappa shape index (κ3) is 1.90. The number of nitrogens with one attached hydrogen (secondary N) is 1. The molecule has 0 spiro atoms. The second-order valence-electron chi connectivity index (χ2n) is 9.51. The Hall–Kier alpha value is -1.05. The van der Waals surface area contributed by atoms with E-state index in [0.29, 0.717) is 5.41 Å². The van der Waals surface area contributed by atoms with Crippen LogP contribution in [0.25, 0.3) is 6.08 Å². The topological polar surface area (TPSA) is 28.7 Å². The van der Waals surface area contributed by atoms with E-state index < -0.39 is 0 Å². The molecule has 1 aromatic rings. The summed E-state index contributed by atoms with van der Waals surface area (Å²) in [6.07, 6.45) is 13.0. The maximum absolute atomic E-state index is 4.28. The molecule has 3 saturated carbocycles. The SMILES string of the molecule is CC1CC2C3CCC4=Cc5[nH]ncc5CC4C3CCC2C1(C)C. The van der Waals surface area contributed by atoms with Crippen LogP contribution in [0.5, 0.6) is 0 Å². The highest BCUT2D eigenvalue weighted by Crippen LogP contribution is 2.63. The molecule has 6 atom stereocenters. The van der Waals surface area contributed by atoms with Crippen LogP contribution < -0.4 is 0 Å². The third-order valence-electron chi connectivity index (χ3n) is 8.56. The Bertz CT molecular complexity index is 653. The Morgan fingerprint density at radius 2 is 2.00 bits per heavy atom. The van der Waals surface area contributed by atoms with Gasteiger partial charge in [0.25, 0.3) is 0 Å². The van der Waals surface area contributed by atoms with Crippen molar-refractivity contribution >= 4 is 6.08 Å². The van der Waals surface area contributed by atoms with E-state index in [1.807, 2.05) is 0 Å². The fourth-order valence-corrected chi connectivity index (χ4v) is 6.97. The van der Waals surface area contributed by atoms with E-state index in [1.165, 1.54) is 49.8 Å². The van der Waals surface area contributed by atoms with Crippen LogP contribution >= 0.6 is 0 Å². The monoisotopic (exact) mass is 310 g/mol. The molecule has 1 N–H and O–H groups in total. The van der Waals surface area contributed by atoms with Crippen molar-refractivity contribution in [3.63, 3.8) is 0 Å². The van der Waals surface area contributed by atoms with E-state index in [-0.39, 0.29) is 0 Å². The summed E-state index contributed by atoms with van der Waals surface area (Å²) in [6.45, 7) is 7.62. The number of hydrogen-bond donors (Lipinski definition) is 1. The first-order chi connectivity index (χ1) is 11.1. The van der Waals surface area contributed by atoms with Crippen molar-refractivity contribution in [2.45, 2.75) is 59.3 Å². The van der Waals surface area contributed by atoms with Crippen molar-refractivity contribution in [2.75, 3.05) is 0 Å². The summed E-state index contributed by atoms with van der Waals surface area (Å²) in [5, 5.41) is 7.47. The first-order valence-corrected chi connectivity index (χ1v) is 9.78. The number of nitrogens with zero attached hydrogens (tertiary/aromatic N) is 1. The van der Waals surface area contributed by atoms with Crippen LogP contribution in [-0.4, -0.2) is 10.2 Å². The van der Waals surface area contributed by atoms with Crippen LogP contribution in [0.1, 0.15) is 64.1 Å². The zero-order chi connectivity index (χ0) is 15.8. The minimum Gasteiger partial charge on any atom is -0.278 e. The minimum absolute atomic E-state index is 0.566. The lowest BCUT2D eigenvalue weighted by molar-refractivity contribution is 0.0232. The first-order valence-electron chi connectivity index (χ1n) is 9.78. The predicted octanol–water partition coefficient (Wildman–Crippen LogP) is 5.08. The fourth-order valence-electron chi connectivity index (χ4n) is 6.97. The van der Waals surface area contributed by atoms with Gasteiger partial charge < -0.3 is 0 Å². The average Bonchev–Trinajstić information content (AvgIpc) is 3.07. The van der Waals surface area contributed by atoms with Crippen LogP contribution in [0.15, 0.2) is 11.8 Å². The number of allylic oxidation sites excluding steroid dienone is 1. The van der Waals surface area contributed by atoms with E-state index in [9.17, 15) is 0 Å². The van der Waals surface area contributed by atoms with Crippen molar-refractivity contribution in [2.24, 2.45) is 40.9 Å². The Morgan fingerprint density at radius 1 is 1.13 bits per heavy atom. The fraction of sp³-hybridized carbons (Fsp3) is 0.762. The largest absolute Gasteiger partial charge is 0.278 e. The smallest absolute Gasteiger partial charge is 0.0609 e. The molecular formula is C21H30N2. The summed E-state index contributed by atoms with van der Waals surface area (Å²) in [5.74, 6) is 5.65. The molecule has 0 aliphatic heterocycles. The van der Waals surface area contributed by atoms with Crippen molar-refractivity contribution in [3.8, 4) is 0 Å². The maximum atomic E-state index is 4.28. The number of hydrogen-bond acceptors (Lipinski definition) is 1. The van der Waals surface area contributed by atoms with Gasteiger partial charge >= 0.3 is 0 Å². The molecule has 124 valence electrons. The zero-order valence-electron chi connectivity index (χ0n) is 14.8. The molecule has 6 unspecified atom stereocenters. The Balaban J connectivity index is 1.46. The summed E-state index contributed by atoms with van der Waals surface area (Å²) in [6, 6.07) is 0. The van der Waals surface area contributed by atoms with Crippen molar-refractivity contribution in [1.82, 2.24) is 10.2 Å². The van der Waals surface area contributed by atoms with Crippen LogP contribution in [0, 0.1) is 40.9 Å². The number of aromatic nitrogens is 2. The van der Waals surface area contributed by atoms with E-state index in [2.05, 4.69) is 43.2 Å². The molecule has 4 aliphatic rings. The molecule has 23 heavy (non-hydrogen) atoms. The van der Waals surface area contributed by atoms with Crippen molar-refractivity contribution < 1.29 is 0 Å². The summed E-state index contributed by atoms with van der Waals surface area (Å²) in [7, 11) is 0. The second-order valence-corrected chi connectivity index (χ2v) is 9.51. The van der Waals surface area contributed by atoms with Gasteiger partial charge in [0.1, 0.15) is 0 Å². The predicted molar refractivity (Wildman–Crippen MR) is 93.7 cm³/mol. The number of H-pyrrole nitrogens is 1. The molecule has 1 aromatic heterocycles. The van der Waals surface area contributed by atoms with Gasteiger partial charge in [-0.2, -0.15) is 5.10 Å². The molecule has 0 amide bonds. The van der Waals surface area contributed by atoms with Gasteiger partial charge in [0, 0.05) is 0 Å². The molecule has 1 heterocycles. The first kappa shape index (κ1) is 14.3. The molecule has 2 heteroatoms. The lowest BCUT2D eigenvalue weighted by Gasteiger charge is -2.50. The number of aromatic amines is 1. The van der Waals surface area contributed by atoms with Gasteiger partial charge in [0.2, 0.25) is 0 Å². The Kier molecular flexibility index (Phi) is 2.95. The Labute approximate surface area is 140 Å². The van der Waals surface area contributed by atoms with Gasteiger partial charge in [-0.1, -0.05) is 26.3 Å². The highest BCUT2D eigenvalue weighted by atomic mass is 15.1. The van der Waals surface area contributed by atoms with E-state index in [4.69, 9.17) is 0 Å². The summed E-state index contributed by atoms with van der Waals surface area (Å²) in [4.78, 5) is 0. The van der Waals surface area contributed by atoms with Crippen molar-refractivity contribution in [1.29, 1.82) is 0 Å². The second kappa shape index (κ2) is 4.74. The van der Waals surface area contributed by atoms with Crippen molar-refractivity contribution in [3.05, 3.63) is 23.0 Å². The lowest BCUT2D eigenvalue weighted by atomic mass is 9.54. The molecule has 0 saturated heterocycles. The van der Waals surface area contributed by atoms with Gasteiger partial charge in [-0.15, -0.1) is 0 Å². The van der Waals surface area contributed by atoms with E-state index in [0.717, 1.165) is 35.5 Å². The van der Waals surface area contributed by atoms with Crippen LogP contribution in [0.4, 0.5) is 0 Å². The van der Waals surface area contributed by atoms with Crippen LogP contribution in [0.2, 0.25) is 0 Å². The third-order valence-corrected chi connectivity index (χ3v) is 8.56. The van der Waals surface area contributed by atoms with Crippen LogP contribution in [-0.2, 0) is 6.42 Å². The normalized spacial score (nSPS) is 43.9. The molecule has 0 bridgehead atoms. The number of rotatable bonds is 0. The summed E-state index contributed by atoms with van der Waals surface area (Å²) >= 11 is 0. The average molecular weight is 310 g/mol. The summed E-state index contributed by atoms with van der Waals surface area (Å²) < 4.78 is 0. The molecule has 4 aliphatic carbocycles. The van der Waals surface area contributed by atoms with Gasteiger partial charge in [0.05, 0.1) is 11.9 Å². The lowest BCUT2D eigenvalue weighted by Crippen LogP contribution is -2.43. The van der Waals surface area contributed by atoms with Gasteiger partial charge in [-0.05, 0) is 91.1 Å².